The van der Waals surface area contributed by atoms with Gasteiger partial charge in [-0.15, -0.1) is 0 Å². The maximum absolute atomic E-state index is 13.0. The van der Waals surface area contributed by atoms with Crippen LogP contribution in [0.4, 0.5) is 11.4 Å². The number of carbonyl (C=O) groups excluding carboxylic acids is 2. The summed E-state index contributed by atoms with van der Waals surface area (Å²) in [6.45, 7) is 8.43. The molecule has 0 saturated carbocycles. The molecule has 12 nitrogen and oxygen atoms in total. The first kappa shape index (κ1) is 33.7. The summed E-state index contributed by atoms with van der Waals surface area (Å²) in [4.78, 5) is 43.7. The van der Waals surface area contributed by atoms with Gasteiger partial charge < -0.3 is 29.8 Å². The number of nitrogens with zero attached hydrogens (tertiary/aromatic N) is 2. The van der Waals surface area contributed by atoms with Crippen LogP contribution in [-0.2, 0) is 21.9 Å². The molecule has 2 amide bonds. The Hall–Kier alpha value is -4.62. The maximum Gasteiger partial charge on any atom is 0.274 e. The van der Waals surface area contributed by atoms with E-state index in [9.17, 15) is 22.8 Å². The van der Waals surface area contributed by atoms with Crippen molar-refractivity contribution in [2.45, 2.75) is 46.5 Å². The SMILES string of the molecule is CCNC(=O)c1cc2c(-c3cc(NS(=O)(=O)CC)cc(Oc4ccc(C)c(NC(=O)CCN5CCCCC5)c4)c3)cn(C)c(=O)c2[nH]1. The Bertz CT molecular complexity index is 1960. The molecule has 1 fully saturated rings. The number of hydrogen-bond donors (Lipinski definition) is 4. The first-order valence-electron chi connectivity index (χ1n) is 15.9. The molecule has 0 aliphatic carbocycles. The van der Waals surface area contributed by atoms with Gasteiger partial charge in [0.05, 0.1) is 11.4 Å². The van der Waals surface area contributed by atoms with Crippen LogP contribution in [0.2, 0.25) is 0 Å². The number of sulfonamides is 1. The average molecular weight is 663 g/mol. The number of H-pyrrole nitrogens is 1. The number of aromatic nitrogens is 2. The van der Waals surface area contributed by atoms with Gasteiger partial charge in [0.2, 0.25) is 15.9 Å². The lowest BCUT2D eigenvalue weighted by Crippen LogP contribution is -2.32. The Kier molecular flexibility index (Phi) is 10.4. The fourth-order valence-corrected chi connectivity index (χ4v) is 6.28. The molecule has 1 aliphatic rings. The summed E-state index contributed by atoms with van der Waals surface area (Å²) in [5.74, 6) is 0.202. The molecule has 0 radical (unpaired) electrons. The van der Waals surface area contributed by atoms with Gasteiger partial charge in [-0.3, -0.25) is 19.1 Å². The zero-order valence-electron chi connectivity index (χ0n) is 27.2. The number of fused-ring (bicyclic) bond motifs is 1. The Morgan fingerprint density at radius 2 is 1.77 bits per heavy atom. The van der Waals surface area contributed by atoms with Gasteiger partial charge in [0, 0.05) is 61.5 Å². The minimum Gasteiger partial charge on any atom is -0.457 e. The normalized spacial score (nSPS) is 13.8. The molecule has 0 atom stereocenters. The van der Waals surface area contributed by atoms with Gasteiger partial charge in [-0.05, 0) is 82.1 Å². The van der Waals surface area contributed by atoms with Crippen molar-refractivity contribution in [2.24, 2.45) is 7.05 Å². The van der Waals surface area contributed by atoms with Crippen LogP contribution < -0.4 is 25.7 Å². The lowest BCUT2D eigenvalue weighted by Gasteiger charge is -2.26. The van der Waals surface area contributed by atoms with Crippen LogP contribution in [0.25, 0.3) is 22.0 Å². The molecule has 2 aromatic carbocycles. The van der Waals surface area contributed by atoms with Crippen molar-refractivity contribution in [1.29, 1.82) is 0 Å². The second kappa shape index (κ2) is 14.4. The van der Waals surface area contributed by atoms with Gasteiger partial charge in [0.15, 0.2) is 0 Å². The first-order chi connectivity index (χ1) is 22.5. The van der Waals surface area contributed by atoms with Crippen LogP contribution in [0, 0.1) is 6.92 Å². The molecule has 3 heterocycles. The molecule has 1 saturated heterocycles. The summed E-state index contributed by atoms with van der Waals surface area (Å²) in [7, 11) is -2.04. The number of piperidine rings is 1. The highest BCUT2D eigenvalue weighted by molar-refractivity contribution is 7.92. The highest BCUT2D eigenvalue weighted by atomic mass is 32.2. The van der Waals surface area contributed by atoms with E-state index in [1.54, 1.807) is 56.6 Å². The predicted molar refractivity (Wildman–Crippen MR) is 185 cm³/mol. The number of pyridine rings is 1. The standard InChI is InChI=1S/C34H42N6O6S/c1-5-35-33(42)30-20-27-28(21-39(4)34(43)32(27)37-30)23-16-24(38-47(44,45)6-2)18-26(17-23)46-25-11-10-22(3)29(19-25)36-31(41)12-15-40-13-8-7-9-14-40/h10-11,16-21,37-38H,5-9,12-15H2,1-4H3,(H,35,42)(H,36,41). The fourth-order valence-electron chi connectivity index (χ4n) is 5.66. The number of benzene rings is 2. The van der Waals surface area contributed by atoms with E-state index >= 15 is 0 Å². The van der Waals surface area contributed by atoms with Gasteiger partial charge in [-0.25, -0.2) is 8.42 Å². The number of amides is 2. The number of rotatable bonds is 12. The van der Waals surface area contributed by atoms with Crippen LogP contribution in [0.15, 0.2) is 53.5 Å². The second-order valence-electron chi connectivity index (χ2n) is 11.8. The minimum absolute atomic E-state index is 0.0775. The lowest BCUT2D eigenvalue weighted by atomic mass is 10.0. The number of likely N-dealkylation sites (tertiary alicyclic amines) is 1. The topological polar surface area (TPSA) is 155 Å². The molecule has 4 aromatic rings. The van der Waals surface area contributed by atoms with E-state index in [0.717, 1.165) is 18.7 Å². The van der Waals surface area contributed by atoms with E-state index in [4.69, 9.17) is 4.74 Å². The van der Waals surface area contributed by atoms with Crippen molar-refractivity contribution in [2.75, 3.05) is 42.0 Å². The minimum atomic E-state index is -3.64. The van der Waals surface area contributed by atoms with Crippen LogP contribution >= 0.6 is 0 Å². The van der Waals surface area contributed by atoms with E-state index in [1.807, 2.05) is 13.0 Å². The van der Waals surface area contributed by atoms with Gasteiger partial charge in [0.1, 0.15) is 22.7 Å². The van der Waals surface area contributed by atoms with Gasteiger partial charge in [-0.1, -0.05) is 12.5 Å². The summed E-state index contributed by atoms with van der Waals surface area (Å²) >= 11 is 0. The number of aromatic amines is 1. The van der Waals surface area contributed by atoms with E-state index in [0.29, 0.717) is 53.2 Å². The Morgan fingerprint density at radius 1 is 1.00 bits per heavy atom. The summed E-state index contributed by atoms with van der Waals surface area (Å²) < 4.78 is 35.4. The number of anilines is 2. The molecule has 5 rings (SSSR count). The molecule has 0 bridgehead atoms. The Balaban J connectivity index is 1.48. The zero-order chi connectivity index (χ0) is 33.7. The number of aryl methyl sites for hydroxylation is 2. The summed E-state index contributed by atoms with van der Waals surface area (Å²) in [6, 6.07) is 11.9. The maximum atomic E-state index is 13.0. The first-order valence-corrected chi connectivity index (χ1v) is 17.6. The Labute approximate surface area is 274 Å². The fraction of sp³-hybridized carbons (Fsp3) is 0.382. The molecular weight excluding hydrogens is 620 g/mol. The number of carbonyl (C=O) groups is 2. The number of ether oxygens (including phenoxy) is 1. The van der Waals surface area contributed by atoms with Crippen LogP contribution in [0.5, 0.6) is 11.5 Å². The third-order valence-electron chi connectivity index (χ3n) is 8.24. The molecule has 0 unspecified atom stereocenters. The highest BCUT2D eigenvalue weighted by Crippen LogP contribution is 2.36. The average Bonchev–Trinajstić information content (AvgIpc) is 3.50. The zero-order valence-corrected chi connectivity index (χ0v) is 28.1. The van der Waals surface area contributed by atoms with E-state index < -0.39 is 10.0 Å². The molecule has 13 heteroatoms. The van der Waals surface area contributed by atoms with Crippen molar-refractivity contribution >= 4 is 44.1 Å². The van der Waals surface area contributed by atoms with Gasteiger partial charge >= 0.3 is 0 Å². The second-order valence-corrected chi connectivity index (χ2v) is 13.8. The van der Waals surface area contributed by atoms with E-state index in [1.165, 1.54) is 30.8 Å². The predicted octanol–water partition coefficient (Wildman–Crippen LogP) is 4.96. The number of nitrogens with one attached hydrogen (secondary N) is 4. The molecule has 250 valence electrons. The molecular formula is C34H42N6O6S. The third-order valence-corrected chi connectivity index (χ3v) is 9.55. The quantitative estimate of drug-likeness (QED) is 0.167. The van der Waals surface area contributed by atoms with Crippen molar-refractivity contribution < 1.29 is 22.7 Å². The monoisotopic (exact) mass is 662 g/mol. The Morgan fingerprint density at radius 3 is 2.49 bits per heavy atom. The van der Waals surface area contributed by atoms with Crippen molar-refractivity contribution in [3.8, 4) is 22.6 Å². The lowest BCUT2D eigenvalue weighted by molar-refractivity contribution is -0.116. The largest absolute Gasteiger partial charge is 0.457 e. The number of hydrogen-bond acceptors (Lipinski definition) is 7. The van der Waals surface area contributed by atoms with E-state index in [2.05, 4.69) is 25.2 Å². The van der Waals surface area contributed by atoms with E-state index in [-0.39, 0.29) is 40.0 Å². The van der Waals surface area contributed by atoms with Crippen LogP contribution in [0.1, 0.15) is 55.6 Å². The summed E-state index contributed by atoms with van der Waals surface area (Å²) in [5.41, 5.74) is 3.06. The highest BCUT2D eigenvalue weighted by Gasteiger charge is 2.19. The van der Waals surface area contributed by atoms with Crippen molar-refractivity contribution in [1.82, 2.24) is 19.8 Å². The smallest absolute Gasteiger partial charge is 0.274 e. The molecule has 47 heavy (non-hydrogen) atoms. The van der Waals surface area contributed by atoms with Crippen molar-refractivity contribution in [3.05, 3.63) is 70.3 Å². The van der Waals surface area contributed by atoms with Crippen molar-refractivity contribution in [3.63, 3.8) is 0 Å². The summed E-state index contributed by atoms with van der Waals surface area (Å²) in [5, 5.41) is 6.24. The molecule has 1 aliphatic heterocycles. The third kappa shape index (κ3) is 8.22. The molecule has 4 N–H and O–H groups in total. The van der Waals surface area contributed by atoms with Gasteiger partial charge in [-0.2, -0.15) is 0 Å². The molecule has 0 spiro atoms. The van der Waals surface area contributed by atoms with Gasteiger partial charge in [0.25, 0.3) is 11.5 Å². The molecule has 2 aromatic heterocycles. The van der Waals surface area contributed by atoms with Crippen LogP contribution in [0.3, 0.4) is 0 Å². The summed E-state index contributed by atoms with van der Waals surface area (Å²) in [6.07, 6.45) is 5.60. The van der Waals surface area contributed by atoms with Crippen LogP contribution in [-0.4, -0.2) is 66.6 Å².